The first kappa shape index (κ1) is 28.5. The average Bonchev–Trinajstić information content (AvgIpc) is 2.84. The molecule has 2 amide bonds. The Morgan fingerprint density at radius 3 is 2.16 bits per heavy atom. The van der Waals surface area contributed by atoms with Gasteiger partial charge in [0.25, 0.3) is 0 Å². The van der Waals surface area contributed by atoms with Gasteiger partial charge >= 0.3 is 0 Å². The summed E-state index contributed by atoms with van der Waals surface area (Å²) >= 11 is 12.2. The number of rotatable bonds is 10. The smallest absolute Gasteiger partial charge is 0.244 e. The van der Waals surface area contributed by atoms with Gasteiger partial charge in [-0.15, -0.1) is 0 Å². The van der Waals surface area contributed by atoms with Crippen molar-refractivity contribution in [2.75, 3.05) is 24.2 Å². The van der Waals surface area contributed by atoms with E-state index < -0.39 is 28.5 Å². The van der Waals surface area contributed by atoms with Crippen LogP contribution in [0.1, 0.15) is 16.7 Å². The molecule has 3 rings (SSSR count). The maximum absolute atomic E-state index is 13.9. The highest BCUT2D eigenvalue weighted by Crippen LogP contribution is 2.26. The number of anilines is 1. The molecule has 1 N–H and O–H groups in total. The molecule has 0 spiro atoms. The molecule has 0 aliphatic heterocycles. The van der Waals surface area contributed by atoms with Crippen LogP contribution in [0, 0.1) is 6.92 Å². The zero-order valence-corrected chi connectivity index (χ0v) is 23.1. The van der Waals surface area contributed by atoms with Gasteiger partial charge in [0.2, 0.25) is 21.8 Å². The van der Waals surface area contributed by atoms with Gasteiger partial charge in [0, 0.05) is 30.1 Å². The summed E-state index contributed by atoms with van der Waals surface area (Å²) in [5.41, 5.74) is 2.49. The van der Waals surface area contributed by atoms with Crippen LogP contribution in [-0.4, -0.2) is 51.0 Å². The first-order chi connectivity index (χ1) is 17.5. The van der Waals surface area contributed by atoms with Gasteiger partial charge in [-0.2, -0.15) is 0 Å². The molecule has 3 aromatic rings. The topological polar surface area (TPSA) is 86.8 Å². The van der Waals surface area contributed by atoms with E-state index in [1.54, 1.807) is 49.4 Å². The number of nitrogens with zero attached hydrogens (tertiary/aromatic N) is 2. The van der Waals surface area contributed by atoms with Gasteiger partial charge in [-0.1, -0.05) is 65.7 Å². The molecule has 0 saturated heterocycles. The van der Waals surface area contributed by atoms with Crippen LogP contribution in [0.15, 0.2) is 72.8 Å². The molecule has 1 unspecified atom stereocenters. The van der Waals surface area contributed by atoms with Crippen molar-refractivity contribution in [3.05, 3.63) is 99.5 Å². The number of sulfonamides is 1. The van der Waals surface area contributed by atoms with E-state index in [1.807, 2.05) is 30.3 Å². The number of carbonyl (C=O) groups excluding carboxylic acids is 2. The van der Waals surface area contributed by atoms with Crippen molar-refractivity contribution in [3.8, 4) is 0 Å². The molecule has 7 nitrogen and oxygen atoms in total. The molecule has 0 aliphatic rings. The highest BCUT2D eigenvalue weighted by atomic mass is 35.5. The molecule has 0 radical (unpaired) electrons. The van der Waals surface area contributed by atoms with Crippen LogP contribution >= 0.6 is 23.2 Å². The van der Waals surface area contributed by atoms with Gasteiger partial charge < -0.3 is 10.2 Å². The Hall–Kier alpha value is -3.07. The summed E-state index contributed by atoms with van der Waals surface area (Å²) in [5, 5.41) is 3.58. The number of hydrogen-bond donors (Lipinski definition) is 1. The van der Waals surface area contributed by atoms with Crippen LogP contribution < -0.4 is 9.62 Å². The predicted molar refractivity (Wildman–Crippen MR) is 148 cm³/mol. The number of amides is 2. The Labute approximate surface area is 228 Å². The Morgan fingerprint density at radius 2 is 1.57 bits per heavy atom. The van der Waals surface area contributed by atoms with E-state index >= 15 is 0 Å². The minimum atomic E-state index is -3.85. The summed E-state index contributed by atoms with van der Waals surface area (Å²) in [5.74, 6) is -0.905. The lowest BCUT2D eigenvalue weighted by atomic mass is 10.0. The lowest BCUT2D eigenvalue weighted by molar-refractivity contribution is -0.139. The molecule has 0 aliphatic carbocycles. The van der Waals surface area contributed by atoms with Crippen LogP contribution in [0.2, 0.25) is 10.0 Å². The minimum Gasteiger partial charge on any atom is -0.357 e. The van der Waals surface area contributed by atoms with Crippen molar-refractivity contribution in [2.45, 2.75) is 25.9 Å². The Morgan fingerprint density at radius 1 is 0.919 bits per heavy atom. The predicted octanol–water partition coefficient (Wildman–Crippen LogP) is 4.45. The van der Waals surface area contributed by atoms with Crippen LogP contribution in [0.3, 0.4) is 0 Å². The maximum Gasteiger partial charge on any atom is 0.244 e. The standard InChI is InChI=1S/C27H29Cl2N3O4S/c1-19-14-23(29)12-13-24(19)32(37(3,35)36)18-26(33)31(17-21-10-7-11-22(28)15-21)25(27(34)30-2)16-20-8-5-4-6-9-20/h4-15,25H,16-18H2,1-3H3,(H,30,34). The highest BCUT2D eigenvalue weighted by molar-refractivity contribution is 7.92. The SMILES string of the molecule is CNC(=O)C(Cc1ccccc1)N(Cc1cccc(Cl)c1)C(=O)CN(c1ccc(Cl)cc1C)S(C)(=O)=O. The van der Waals surface area contributed by atoms with E-state index in [9.17, 15) is 18.0 Å². The lowest BCUT2D eigenvalue weighted by Gasteiger charge is -2.33. The van der Waals surface area contributed by atoms with Crippen molar-refractivity contribution < 1.29 is 18.0 Å². The van der Waals surface area contributed by atoms with E-state index in [0.717, 1.165) is 16.1 Å². The van der Waals surface area contributed by atoms with Crippen molar-refractivity contribution in [2.24, 2.45) is 0 Å². The normalized spacial score (nSPS) is 12.0. The van der Waals surface area contributed by atoms with E-state index in [0.29, 0.717) is 26.9 Å². The molecule has 10 heteroatoms. The van der Waals surface area contributed by atoms with Crippen LogP contribution in [0.25, 0.3) is 0 Å². The highest BCUT2D eigenvalue weighted by Gasteiger charge is 2.33. The first-order valence-corrected chi connectivity index (χ1v) is 14.1. The van der Waals surface area contributed by atoms with Crippen molar-refractivity contribution in [1.82, 2.24) is 10.2 Å². The molecule has 0 fully saturated rings. The first-order valence-electron chi connectivity index (χ1n) is 11.5. The molecule has 0 bridgehead atoms. The second-order valence-corrected chi connectivity index (χ2v) is 11.5. The fourth-order valence-electron chi connectivity index (χ4n) is 4.05. The summed E-state index contributed by atoms with van der Waals surface area (Å²) in [6.07, 6.45) is 1.28. The molecule has 196 valence electrons. The number of likely N-dealkylation sites (N-methyl/N-ethyl adjacent to an activating group) is 1. The van der Waals surface area contributed by atoms with Gasteiger partial charge in [-0.05, 0) is 53.9 Å². The molecule has 0 saturated carbocycles. The quantitative estimate of drug-likeness (QED) is 0.396. The van der Waals surface area contributed by atoms with Crippen molar-refractivity contribution in [1.29, 1.82) is 0 Å². The lowest BCUT2D eigenvalue weighted by Crippen LogP contribution is -2.53. The van der Waals surface area contributed by atoms with E-state index in [2.05, 4.69) is 5.32 Å². The second kappa shape index (κ2) is 12.4. The molecule has 0 heterocycles. The van der Waals surface area contributed by atoms with Gasteiger partial charge in [0.15, 0.2) is 0 Å². The van der Waals surface area contributed by atoms with E-state index in [-0.39, 0.29) is 18.9 Å². The third kappa shape index (κ3) is 7.71. The third-order valence-electron chi connectivity index (χ3n) is 5.87. The van der Waals surface area contributed by atoms with E-state index in [4.69, 9.17) is 23.2 Å². The molecular formula is C27H29Cl2N3O4S. The van der Waals surface area contributed by atoms with Crippen molar-refractivity contribution >= 4 is 50.7 Å². The fourth-order valence-corrected chi connectivity index (χ4v) is 5.39. The van der Waals surface area contributed by atoms with Crippen molar-refractivity contribution in [3.63, 3.8) is 0 Å². The number of benzene rings is 3. The van der Waals surface area contributed by atoms with Gasteiger partial charge in [-0.3, -0.25) is 13.9 Å². The summed E-state index contributed by atoms with van der Waals surface area (Å²) in [6, 6.07) is 20.2. The number of hydrogen-bond acceptors (Lipinski definition) is 4. The van der Waals surface area contributed by atoms with Crippen LogP contribution in [0.4, 0.5) is 5.69 Å². The summed E-state index contributed by atoms with van der Waals surface area (Å²) in [4.78, 5) is 28.4. The minimum absolute atomic E-state index is 0.0571. The molecule has 37 heavy (non-hydrogen) atoms. The Balaban J connectivity index is 2.05. The van der Waals surface area contributed by atoms with Gasteiger partial charge in [0.05, 0.1) is 11.9 Å². The zero-order chi connectivity index (χ0) is 27.2. The summed E-state index contributed by atoms with van der Waals surface area (Å²) in [6.45, 7) is 1.28. The molecule has 3 aromatic carbocycles. The molecule has 0 aromatic heterocycles. The maximum atomic E-state index is 13.9. The van der Waals surface area contributed by atoms with Gasteiger partial charge in [0.1, 0.15) is 12.6 Å². The summed E-state index contributed by atoms with van der Waals surface area (Å²) in [7, 11) is -2.35. The Bertz CT molecular complexity index is 1370. The van der Waals surface area contributed by atoms with Crippen LogP contribution in [0.5, 0.6) is 0 Å². The molecule has 1 atom stereocenters. The van der Waals surface area contributed by atoms with Crippen LogP contribution in [-0.2, 0) is 32.6 Å². The number of halogens is 2. The number of nitrogens with one attached hydrogen (secondary N) is 1. The third-order valence-corrected chi connectivity index (χ3v) is 7.46. The largest absolute Gasteiger partial charge is 0.357 e. The zero-order valence-electron chi connectivity index (χ0n) is 20.8. The number of carbonyl (C=O) groups is 2. The fraction of sp³-hybridized carbons (Fsp3) is 0.259. The van der Waals surface area contributed by atoms with E-state index in [1.165, 1.54) is 11.9 Å². The average molecular weight is 563 g/mol. The number of aryl methyl sites for hydroxylation is 1. The summed E-state index contributed by atoms with van der Waals surface area (Å²) < 4.78 is 26.7. The molecular weight excluding hydrogens is 533 g/mol. The van der Waals surface area contributed by atoms with Gasteiger partial charge in [-0.25, -0.2) is 8.42 Å². The second-order valence-electron chi connectivity index (χ2n) is 8.67. The Kier molecular flexibility index (Phi) is 9.59. The monoisotopic (exact) mass is 561 g/mol.